The van der Waals surface area contributed by atoms with Crippen LogP contribution in [0.3, 0.4) is 0 Å². The van der Waals surface area contributed by atoms with Crippen molar-refractivity contribution in [3.8, 4) is 0 Å². The molecule has 0 spiro atoms. The van der Waals surface area contributed by atoms with Crippen molar-refractivity contribution in [2.24, 2.45) is 0 Å². The molecule has 0 aliphatic heterocycles. The number of rotatable bonds is 2. The standard InChI is InChI=1S/C10H7BrFIN2/c11-9-6-15(14-10(9)13)5-7-2-1-3-8(12)4-7/h1-4,6H,5H2. The van der Waals surface area contributed by atoms with Crippen molar-refractivity contribution in [1.29, 1.82) is 0 Å². The molecule has 2 aromatic rings. The minimum Gasteiger partial charge on any atom is -0.266 e. The Kier molecular flexibility index (Phi) is 3.40. The Labute approximate surface area is 109 Å². The second-order valence-corrected chi connectivity index (χ2v) is 4.97. The Morgan fingerprint density at radius 2 is 2.27 bits per heavy atom. The molecule has 0 bridgehead atoms. The Balaban J connectivity index is 2.22. The van der Waals surface area contributed by atoms with E-state index in [0.29, 0.717) is 6.54 Å². The first-order chi connectivity index (χ1) is 7.15. The molecule has 1 heterocycles. The Morgan fingerprint density at radius 1 is 1.47 bits per heavy atom. The van der Waals surface area contributed by atoms with E-state index in [0.717, 1.165) is 13.7 Å². The average molecular weight is 381 g/mol. The van der Waals surface area contributed by atoms with Gasteiger partial charge in [0.25, 0.3) is 0 Å². The van der Waals surface area contributed by atoms with Crippen LogP contribution in [0.15, 0.2) is 34.9 Å². The lowest BCUT2D eigenvalue weighted by Gasteiger charge is -2.01. The zero-order valence-corrected chi connectivity index (χ0v) is 11.4. The van der Waals surface area contributed by atoms with Crippen molar-refractivity contribution in [2.75, 3.05) is 0 Å². The van der Waals surface area contributed by atoms with Crippen molar-refractivity contribution in [1.82, 2.24) is 9.78 Å². The summed E-state index contributed by atoms with van der Waals surface area (Å²) in [5, 5.41) is 4.27. The lowest BCUT2D eigenvalue weighted by molar-refractivity contribution is 0.619. The maximum absolute atomic E-state index is 12.9. The molecule has 0 N–H and O–H groups in total. The summed E-state index contributed by atoms with van der Waals surface area (Å²) in [5.41, 5.74) is 0.904. The van der Waals surface area contributed by atoms with E-state index in [1.807, 2.05) is 12.3 Å². The van der Waals surface area contributed by atoms with Crippen LogP contribution in [0.2, 0.25) is 0 Å². The van der Waals surface area contributed by atoms with Crippen LogP contribution < -0.4 is 0 Å². The van der Waals surface area contributed by atoms with Gasteiger partial charge in [0.2, 0.25) is 0 Å². The minimum atomic E-state index is -0.214. The van der Waals surface area contributed by atoms with Gasteiger partial charge in [-0.25, -0.2) is 4.39 Å². The van der Waals surface area contributed by atoms with E-state index in [-0.39, 0.29) is 5.82 Å². The van der Waals surface area contributed by atoms with Gasteiger partial charge in [-0.1, -0.05) is 12.1 Å². The van der Waals surface area contributed by atoms with Crippen molar-refractivity contribution in [3.05, 3.63) is 50.0 Å². The SMILES string of the molecule is Fc1cccc(Cn2cc(Br)c(I)n2)c1. The Hall–Kier alpha value is -0.430. The van der Waals surface area contributed by atoms with E-state index in [9.17, 15) is 4.39 Å². The van der Waals surface area contributed by atoms with Crippen LogP contribution in [-0.2, 0) is 6.54 Å². The van der Waals surface area contributed by atoms with Crippen LogP contribution in [-0.4, -0.2) is 9.78 Å². The highest BCUT2D eigenvalue weighted by Gasteiger charge is 2.03. The molecule has 0 amide bonds. The van der Waals surface area contributed by atoms with Gasteiger partial charge in [0.15, 0.2) is 0 Å². The highest BCUT2D eigenvalue weighted by molar-refractivity contribution is 14.1. The largest absolute Gasteiger partial charge is 0.266 e. The summed E-state index contributed by atoms with van der Waals surface area (Å²) in [6.07, 6.45) is 1.88. The predicted octanol–water partition coefficient (Wildman–Crippen LogP) is 3.44. The van der Waals surface area contributed by atoms with Gasteiger partial charge in [0.05, 0.1) is 11.0 Å². The molecular weight excluding hydrogens is 374 g/mol. The summed E-state index contributed by atoms with van der Waals surface area (Å²) in [5.74, 6) is -0.214. The molecule has 1 aromatic heterocycles. The van der Waals surface area contributed by atoms with Crippen molar-refractivity contribution in [3.63, 3.8) is 0 Å². The van der Waals surface area contributed by atoms with Crippen molar-refractivity contribution >= 4 is 38.5 Å². The number of hydrogen-bond donors (Lipinski definition) is 0. The molecule has 2 nitrogen and oxygen atoms in total. The van der Waals surface area contributed by atoms with Gasteiger partial charge in [-0.05, 0) is 56.2 Å². The number of hydrogen-bond acceptors (Lipinski definition) is 1. The second kappa shape index (κ2) is 4.61. The predicted molar refractivity (Wildman–Crippen MR) is 68.1 cm³/mol. The molecular formula is C10H7BrFIN2. The molecule has 0 fully saturated rings. The first kappa shape index (κ1) is 11.1. The topological polar surface area (TPSA) is 17.8 Å². The molecule has 0 atom stereocenters. The van der Waals surface area contributed by atoms with E-state index in [4.69, 9.17) is 0 Å². The fourth-order valence-electron chi connectivity index (χ4n) is 1.28. The van der Waals surface area contributed by atoms with Gasteiger partial charge in [-0.2, -0.15) is 5.10 Å². The molecule has 0 saturated heterocycles. The average Bonchev–Trinajstić information content (AvgIpc) is 2.45. The fourth-order valence-corrected chi connectivity index (χ4v) is 2.01. The molecule has 5 heteroatoms. The Bertz CT molecular complexity index is 465. The normalized spacial score (nSPS) is 10.6. The smallest absolute Gasteiger partial charge is 0.137 e. The summed E-state index contributed by atoms with van der Waals surface area (Å²) >= 11 is 5.52. The van der Waals surface area contributed by atoms with E-state index in [2.05, 4.69) is 43.6 Å². The maximum Gasteiger partial charge on any atom is 0.137 e. The highest BCUT2D eigenvalue weighted by Crippen LogP contribution is 2.17. The molecule has 0 aliphatic carbocycles. The number of halogens is 3. The van der Waals surface area contributed by atoms with Gasteiger partial charge < -0.3 is 0 Å². The third-order valence-electron chi connectivity index (χ3n) is 1.91. The zero-order chi connectivity index (χ0) is 10.8. The maximum atomic E-state index is 12.9. The lowest BCUT2D eigenvalue weighted by Crippen LogP contribution is -2.00. The Morgan fingerprint density at radius 3 is 2.87 bits per heavy atom. The van der Waals surface area contributed by atoms with Crippen LogP contribution in [0.4, 0.5) is 4.39 Å². The summed E-state index contributed by atoms with van der Waals surface area (Å²) < 4.78 is 16.6. The summed E-state index contributed by atoms with van der Waals surface area (Å²) in [6.45, 7) is 0.583. The third-order valence-corrected chi connectivity index (χ3v) is 4.03. The first-order valence-electron chi connectivity index (χ1n) is 4.28. The minimum absolute atomic E-state index is 0.214. The van der Waals surface area contributed by atoms with Crippen LogP contribution in [0, 0.1) is 9.52 Å². The second-order valence-electron chi connectivity index (χ2n) is 3.10. The first-order valence-corrected chi connectivity index (χ1v) is 6.15. The van der Waals surface area contributed by atoms with Crippen LogP contribution in [0.5, 0.6) is 0 Å². The molecule has 0 radical (unpaired) electrons. The van der Waals surface area contributed by atoms with Crippen molar-refractivity contribution < 1.29 is 4.39 Å². The number of nitrogens with zero attached hydrogens (tertiary/aromatic N) is 2. The van der Waals surface area contributed by atoms with Gasteiger partial charge >= 0.3 is 0 Å². The molecule has 78 valence electrons. The van der Waals surface area contributed by atoms with E-state index >= 15 is 0 Å². The molecule has 2 rings (SSSR count). The number of aromatic nitrogens is 2. The lowest BCUT2D eigenvalue weighted by atomic mass is 10.2. The summed E-state index contributed by atoms with van der Waals surface area (Å²) in [7, 11) is 0. The summed E-state index contributed by atoms with van der Waals surface area (Å²) in [4.78, 5) is 0. The molecule has 0 unspecified atom stereocenters. The van der Waals surface area contributed by atoms with Crippen molar-refractivity contribution in [2.45, 2.75) is 6.54 Å². The van der Waals surface area contributed by atoms with Gasteiger partial charge in [-0.3, -0.25) is 4.68 Å². The highest BCUT2D eigenvalue weighted by atomic mass is 127. The molecule has 0 aliphatic rings. The fraction of sp³-hybridized carbons (Fsp3) is 0.100. The molecule has 0 saturated carbocycles. The van der Waals surface area contributed by atoms with Crippen LogP contribution in [0.1, 0.15) is 5.56 Å². The monoisotopic (exact) mass is 380 g/mol. The van der Waals surface area contributed by atoms with Gasteiger partial charge in [0, 0.05) is 6.20 Å². The zero-order valence-electron chi connectivity index (χ0n) is 7.62. The number of benzene rings is 1. The van der Waals surface area contributed by atoms with E-state index in [1.165, 1.54) is 12.1 Å². The third kappa shape index (κ3) is 2.78. The molecule has 15 heavy (non-hydrogen) atoms. The van der Waals surface area contributed by atoms with Crippen LogP contribution >= 0.6 is 38.5 Å². The van der Waals surface area contributed by atoms with E-state index < -0.39 is 0 Å². The molecule has 1 aromatic carbocycles. The quantitative estimate of drug-likeness (QED) is 0.730. The van der Waals surface area contributed by atoms with Gasteiger partial charge in [0.1, 0.15) is 9.52 Å². The summed E-state index contributed by atoms with van der Waals surface area (Å²) in [6, 6.07) is 6.54. The van der Waals surface area contributed by atoms with E-state index in [1.54, 1.807) is 10.7 Å². The van der Waals surface area contributed by atoms with Crippen LogP contribution in [0.25, 0.3) is 0 Å². The van der Waals surface area contributed by atoms with Gasteiger partial charge in [-0.15, -0.1) is 0 Å².